The van der Waals surface area contributed by atoms with Gasteiger partial charge in [0, 0.05) is 10.9 Å². The summed E-state index contributed by atoms with van der Waals surface area (Å²) < 4.78 is 5.50. The Morgan fingerprint density at radius 3 is 2.79 bits per heavy atom. The van der Waals surface area contributed by atoms with Crippen molar-refractivity contribution in [3.63, 3.8) is 0 Å². The number of ether oxygens (including phenoxy) is 1. The molecule has 0 spiro atoms. The fourth-order valence-electron chi connectivity index (χ4n) is 0.993. The highest BCUT2D eigenvalue weighted by Crippen LogP contribution is 2.22. The molecule has 0 heterocycles. The van der Waals surface area contributed by atoms with Crippen LogP contribution in [0.5, 0.6) is 5.75 Å². The van der Waals surface area contributed by atoms with Crippen molar-refractivity contribution >= 4 is 23.2 Å². The first-order chi connectivity index (χ1) is 6.63. The van der Waals surface area contributed by atoms with E-state index in [1.165, 1.54) is 0 Å². The molecular formula is C11H12Cl2O. The van der Waals surface area contributed by atoms with E-state index in [0.29, 0.717) is 17.5 Å². The molecule has 0 unspecified atom stereocenters. The number of hydrogen-bond donors (Lipinski definition) is 0. The number of alkyl halides is 1. The molecule has 0 saturated carbocycles. The van der Waals surface area contributed by atoms with Gasteiger partial charge < -0.3 is 4.74 Å². The molecule has 0 radical (unpaired) electrons. The van der Waals surface area contributed by atoms with Gasteiger partial charge in [0.25, 0.3) is 0 Å². The zero-order valence-corrected chi connectivity index (χ0v) is 9.53. The van der Waals surface area contributed by atoms with E-state index in [1.807, 2.05) is 19.1 Å². The molecule has 0 aliphatic carbocycles. The molecule has 0 bridgehead atoms. The highest BCUT2D eigenvalue weighted by Gasteiger charge is 2.00. The minimum absolute atomic E-state index is 0.423. The Balaban J connectivity index is 2.63. The number of halogens is 2. The number of rotatable bonds is 4. The first-order valence-electron chi connectivity index (χ1n) is 4.25. The Bertz CT molecular complexity index is 334. The van der Waals surface area contributed by atoms with Gasteiger partial charge in [-0.05, 0) is 36.3 Å². The van der Waals surface area contributed by atoms with Crippen molar-refractivity contribution in [3.8, 4) is 5.75 Å². The minimum atomic E-state index is 0.423. The van der Waals surface area contributed by atoms with Gasteiger partial charge >= 0.3 is 0 Å². The maximum absolute atomic E-state index is 5.81. The van der Waals surface area contributed by atoms with Crippen LogP contribution < -0.4 is 4.74 Å². The van der Waals surface area contributed by atoms with Gasteiger partial charge in [-0.3, -0.25) is 0 Å². The van der Waals surface area contributed by atoms with Crippen LogP contribution >= 0.6 is 23.2 Å². The lowest BCUT2D eigenvalue weighted by Crippen LogP contribution is -2.02. The number of hydrogen-bond acceptors (Lipinski definition) is 1. The van der Waals surface area contributed by atoms with Crippen molar-refractivity contribution < 1.29 is 4.74 Å². The van der Waals surface area contributed by atoms with Crippen LogP contribution in [0.3, 0.4) is 0 Å². The summed E-state index contributed by atoms with van der Waals surface area (Å²) in [7, 11) is 0. The lowest BCUT2D eigenvalue weighted by atomic mass is 10.2. The number of benzene rings is 1. The Labute approximate surface area is 94.3 Å². The van der Waals surface area contributed by atoms with E-state index in [2.05, 4.69) is 6.58 Å². The second-order valence-electron chi connectivity index (χ2n) is 3.08. The van der Waals surface area contributed by atoms with E-state index in [1.54, 1.807) is 6.07 Å². The van der Waals surface area contributed by atoms with Crippen LogP contribution in [0.4, 0.5) is 0 Å². The van der Waals surface area contributed by atoms with Crippen LogP contribution in [0, 0.1) is 6.92 Å². The molecule has 0 fully saturated rings. The average Bonchev–Trinajstić information content (AvgIpc) is 2.16. The summed E-state index contributed by atoms with van der Waals surface area (Å²) in [6.07, 6.45) is 0. The van der Waals surface area contributed by atoms with Crippen molar-refractivity contribution in [2.24, 2.45) is 0 Å². The van der Waals surface area contributed by atoms with E-state index in [-0.39, 0.29) is 0 Å². The van der Waals surface area contributed by atoms with E-state index >= 15 is 0 Å². The van der Waals surface area contributed by atoms with E-state index in [4.69, 9.17) is 27.9 Å². The molecule has 0 amide bonds. The molecule has 0 N–H and O–H groups in total. The van der Waals surface area contributed by atoms with Crippen molar-refractivity contribution in [2.75, 3.05) is 12.5 Å². The Morgan fingerprint density at radius 1 is 1.50 bits per heavy atom. The Kier molecular flexibility index (Phi) is 4.30. The van der Waals surface area contributed by atoms with Gasteiger partial charge in [-0.25, -0.2) is 0 Å². The van der Waals surface area contributed by atoms with E-state index in [0.717, 1.165) is 16.9 Å². The summed E-state index contributed by atoms with van der Waals surface area (Å²) in [4.78, 5) is 0. The monoisotopic (exact) mass is 230 g/mol. The van der Waals surface area contributed by atoms with E-state index in [9.17, 15) is 0 Å². The SMILES string of the molecule is C=C(CCl)COc1ccc(Cl)cc1C. The van der Waals surface area contributed by atoms with Crippen molar-refractivity contribution in [2.45, 2.75) is 6.92 Å². The molecule has 1 aromatic carbocycles. The standard InChI is InChI=1S/C11H12Cl2O/c1-8(6-12)7-14-11-4-3-10(13)5-9(11)2/h3-5H,1,6-7H2,2H3. The molecule has 0 aliphatic heterocycles. The molecule has 0 aromatic heterocycles. The van der Waals surface area contributed by atoms with Crippen molar-refractivity contribution in [1.82, 2.24) is 0 Å². The van der Waals surface area contributed by atoms with Gasteiger partial charge in [0.15, 0.2) is 0 Å². The normalized spacial score (nSPS) is 9.93. The molecule has 76 valence electrons. The topological polar surface area (TPSA) is 9.23 Å². The van der Waals surface area contributed by atoms with Crippen molar-refractivity contribution in [3.05, 3.63) is 40.9 Å². The highest BCUT2D eigenvalue weighted by molar-refractivity contribution is 6.30. The largest absolute Gasteiger partial charge is 0.489 e. The molecule has 3 heteroatoms. The summed E-state index contributed by atoms with van der Waals surface area (Å²) >= 11 is 11.4. The molecular weight excluding hydrogens is 219 g/mol. The van der Waals surface area contributed by atoms with Crippen LogP contribution in [-0.2, 0) is 0 Å². The second kappa shape index (κ2) is 5.28. The summed E-state index contributed by atoms with van der Waals surface area (Å²) in [6.45, 7) is 6.15. The fraction of sp³-hybridized carbons (Fsp3) is 0.273. The zero-order chi connectivity index (χ0) is 10.6. The lowest BCUT2D eigenvalue weighted by molar-refractivity contribution is 0.350. The Hall–Kier alpha value is -0.660. The van der Waals surface area contributed by atoms with Gasteiger partial charge in [0.2, 0.25) is 0 Å². The maximum Gasteiger partial charge on any atom is 0.122 e. The first kappa shape index (κ1) is 11.4. The van der Waals surface area contributed by atoms with Gasteiger partial charge in [-0.1, -0.05) is 18.2 Å². The summed E-state index contributed by atoms with van der Waals surface area (Å²) in [5, 5.41) is 0.714. The second-order valence-corrected chi connectivity index (χ2v) is 3.79. The maximum atomic E-state index is 5.81. The molecule has 0 saturated heterocycles. The van der Waals surface area contributed by atoms with Crippen LogP contribution in [0.15, 0.2) is 30.4 Å². The molecule has 1 rings (SSSR count). The predicted octanol–water partition coefficient (Wildman–Crippen LogP) is 3.82. The first-order valence-corrected chi connectivity index (χ1v) is 5.16. The molecule has 0 atom stereocenters. The van der Waals surface area contributed by atoms with Crippen LogP contribution in [0.2, 0.25) is 5.02 Å². The third-order valence-electron chi connectivity index (χ3n) is 1.76. The minimum Gasteiger partial charge on any atom is -0.489 e. The number of aryl methyl sites for hydroxylation is 1. The fourth-order valence-corrected chi connectivity index (χ4v) is 1.30. The summed E-state index contributed by atoms with van der Waals surface area (Å²) in [5.74, 6) is 1.24. The van der Waals surface area contributed by atoms with Gasteiger partial charge in [-0.2, -0.15) is 0 Å². The smallest absolute Gasteiger partial charge is 0.122 e. The van der Waals surface area contributed by atoms with Gasteiger partial charge in [-0.15, -0.1) is 11.6 Å². The zero-order valence-electron chi connectivity index (χ0n) is 8.02. The lowest BCUT2D eigenvalue weighted by Gasteiger charge is -2.09. The third-order valence-corrected chi connectivity index (χ3v) is 2.37. The molecule has 0 aliphatic rings. The van der Waals surface area contributed by atoms with Gasteiger partial charge in [0.1, 0.15) is 12.4 Å². The Morgan fingerprint density at radius 2 is 2.21 bits per heavy atom. The van der Waals surface area contributed by atoms with E-state index < -0.39 is 0 Å². The van der Waals surface area contributed by atoms with Crippen molar-refractivity contribution in [1.29, 1.82) is 0 Å². The summed E-state index contributed by atoms with van der Waals surface area (Å²) in [6, 6.07) is 5.51. The molecule has 14 heavy (non-hydrogen) atoms. The van der Waals surface area contributed by atoms with Gasteiger partial charge in [0.05, 0.1) is 0 Å². The summed E-state index contributed by atoms with van der Waals surface area (Å²) in [5.41, 5.74) is 1.88. The predicted molar refractivity (Wildman–Crippen MR) is 61.5 cm³/mol. The van der Waals surface area contributed by atoms with Crippen LogP contribution in [0.1, 0.15) is 5.56 Å². The molecule has 1 aromatic rings. The third kappa shape index (κ3) is 3.24. The highest BCUT2D eigenvalue weighted by atomic mass is 35.5. The average molecular weight is 231 g/mol. The van der Waals surface area contributed by atoms with Crippen LogP contribution in [-0.4, -0.2) is 12.5 Å². The van der Waals surface area contributed by atoms with Crippen LogP contribution in [0.25, 0.3) is 0 Å². The quantitative estimate of drug-likeness (QED) is 0.565. The molecule has 1 nitrogen and oxygen atoms in total.